The summed E-state index contributed by atoms with van der Waals surface area (Å²) in [6, 6.07) is 27.2. The Hall–Kier alpha value is -1.66. The lowest BCUT2D eigenvalue weighted by molar-refractivity contribution is 0.414. The summed E-state index contributed by atoms with van der Waals surface area (Å²) < 4.78 is 10.4. The lowest BCUT2D eigenvalue weighted by atomic mass is 9.84. The molecule has 25 heavy (non-hydrogen) atoms. The number of ether oxygens (including phenoxy) is 2. The molecule has 0 unspecified atom stereocenters. The van der Waals surface area contributed by atoms with E-state index in [0.29, 0.717) is 0 Å². The molecular formula is C21H19IO2S. The van der Waals surface area contributed by atoms with Crippen LogP contribution in [0.3, 0.4) is 0 Å². The minimum Gasteiger partial charge on any atom is -0.497 e. The van der Waals surface area contributed by atoms with Crippen molar-refractivity contribution in [1.82, 2.24) is 0 Å². The van der Waals surface area contributed by atoms with E-state index in [4.69, 9.17) is 9.47 Å². The van der Waals surface area contributed by atoms with Gasteiger partial charge in [0.2, 0.25) is 0 Å². The van der Waals surface area contributed by atoms with Crippen molar-refractivity contribution in [3.05, 3.63) is 95.6 Å². The summed E-state index contributed by atoms with van der Waals surface area (Å²) in [7, 11) is 5.17. The quantitative estimate of drug-likeness (QED) is 0.327. The second kappa shape index (κ2) is 8.15. The molecule has 3 rings (SSSR count). The van der Waals surface area contributed by atoms with Gasteiger partial charge in [-0.15, -0.1) is 0 Å². The third-order valence-electron chi connectivity index (χ3n) is 4.29. The van der Waals surface area contributed by atoms with E-state index in [9.17, 15) is 0 Å². The number of benzene rings is 3. The molecule has 0 bridgehead atoms. The number of hydrogen-bond acceptors (Lipinski definition) is 3. The zero-order valence-electron chi connectivity index (χ0n) is 14.1. The molecule has 128 valence electrons. The summed E-state index contributed by atoms with van der Waals surface area (Å²) in [5.41, 5.74) is 3.66. The van der Waals surface area contributed by atoms with E-state index in [-0.39, 0.29) is 4.75 Å². The molecule has 0 aliphatic rings. The highest BCUT2D eigenvalue weighted by Crippen LogP contribution is 2.51. The van der Waals surface area contributed by atoms with Gasteiger partial charge in [0, 0.05) is 0 Å². The first kappa shape index (κ1) is 18.1. The van der Waals surface area contributed by atoms with E-state index >= 15 is 0 Å². The summed E-state index contributed by atoms with van der Waals surface area (Å²) in [4.78, 5) is 0. The average Bonchev–Trinajstić information content (AvgIpc) is 2.71. The Morgan fingerprint density at radius 1 is 0.640 bits per heavy atom. The topological polar surface area (TPSA) is 18.5 Å². The zero-order valence-corrected chi connectivity index (χ0v) is 17.1. The molecule has 3 aromatic rings. The minimum absolute atomic E-state index is 0.305. The fourth-order valence-corrected chi connectivity index (χ4v) is 5.92. The third-order valence-corrected chi connectivity index (χ3v) is 7.21. The molecular weight excluding hydrogens is 443 g/mol. The average molecular weight is 462 g/mol. The first-order chi connectivity index (χ1) is 12.2. The Morgan fingerprint density at radius 2 is 1.04 bits per heavy atom. The molecule has 0 aliphatic heterocycles. The van der Waals surface area contributed by atoms with Crippen LogP contribution in [0.25, 0.3) is 0 Å². The van der Waals surface area contributed by atoms with Gasteiger partial charge >= 0.3 is 0 Å². The standard InChI is InChI=1S/C21H19IO2S/c1-23-19-12-8-17(9-13-19)21(25-22,16-6-4-3-5-7-16)18-10-14-20(24-2)15-11-18/h3-15H,1-2H3. The van der Waals surface area contributed by atoms with Gasteiger partial charge in [0.1, 0.15) is 16.2 Å². The number of hydrogen-bond donors (Lipinski definition) is 0. The maximum Gasteiger partial charge on any atom is 0.118 e. The molecule has 0 saturated carbocycles. The van der Waals surface area contributed by atoms with Crippen LogP contribution < -0.4 is 9.47 Å². The fraction of sp³-hybridized carbons (Fsp3) is 0.143. The number of halogens is 1. The molecule has 0 atom stereocenters. The minimum atomic E-state index is -0.305. The van der Waals surface area contributed by atoms with E-state index in [2.05, 4.69) is 69.7 Å². The lowest BCUT2D eigenvalue weighted by Crippen LogP contribution is -2.24. The van der Waals surface area contributed by atoms with Crippen LogP contribution in [0.1, 0.15) is 16.7 Å². The van der Waals surface area contributed by atoms with Crippen molar-refractivity contribution >= 4 is 30.1 Å². The molecule has 0 amide bonds. The molecule has 2 nitrogen and oxygen atoms in total. The van der Waals surface area contributed by atoms with E-state index < -0.39 is 0 Å². The van der Waals surface area contributed by atoms with E-state index in [1.54, 1.807) is 23.2 Å². The van der Waals surface area contributed by atoms with Crippen molar-refractivity contribution in [2.75, 3.05) is 14.2 Å². The normalized spacial score (nSPS) is 11.2. The molecule has 3 aromatic carbocycles. The van der Waals surface area contributed by atoms with E-state index in [1.807, 2.05) is 30.3 Å². The van der Waals surface area contributed by atoms with Crippen molar-refractivity contribution in [1.29, 1.82) is 0 Å². The van der Waals surface area contributed by atoms with Crippen molar-refractivity contribution in [2.24, 2.45) is 0 Å². The van der Waals surface area contributed by atoms with Crippen molar-refractivity contribution < 1.29 is 9.47 Å². The highest BCUT2D eigenvalue weighted by molar-refractivity contribution is 14.2. The Labute approximate surface area is 165 Å². The van der Waals surface area contributed by atoms with Gasteiger partial charge in [-0.05, 0) is 62.2 Å². The van der Waals surface area contributed by atoms with Crippen molar-refractivity contribution in [3.63, 3.8) is 0 Å². The number of rotatable bonds is 6. The Kier molecular flexibility index (Phi) is 5.91. The maximum absolute atomic E-state index is 5.33. The Morgan fingerprint density at radius 3 is 1.40 bits per heavy atom. The fourth-order valence-electron chi connectivity index (χ4n) is 2.96. The van der Waals surface area contributed by atoms with Gasteiger partial charge < -0.3 is 9.47 Å². The summed E-state index contributed by atoms with van der Waals surface area (Å²) in [5, 5.41) is 0. The van der Waals surface area contributed by atoms with Crippen LogP contribution in [0.5, 0.6) is 11.5 Å². The predicted molar refractivity (Wildman–Crippen MR) is 114 cm³/mol. The van der Waals surface area contributed by atoms with Crippen LogP contribution in [-0.4, -0.2) is 14.2 Å². The highest BCUT2D eigenvalue weighted by atomic mass is 127. The van der Waals surface area contributed by atoms with Crippen LogP contribution in [0.4, 0.5) is 0 Å². The summed E-state index contributed by atoms with van der Waals surface area (Å²) >= 11 is 2.40. The van der Waals surface area contributed by atoms with E-state index in [0.717, 1.165) is 11.5 Å². The van der Waals surface area contributed by atoms with Gasteiger partial charge in [0.05, 0.1) is 14.2 Å². The summed E-state index contributed by atoms with van der Waals surface area (Å²) in [6.45, 7) is 0. The largest absolute Gasteiger partial charge is 0.497 e. The van der Waals surface area contributed by atoms with Crippen LogP contribution in [-0.2, 0) is 4.75 Å². The number of methoxy groups -OCH3 is 2. The molecule has 0 aromatic heterocycles. The van der Waals surface area contributed by atoms with Crippen molar-refractivity contribution in [2.45, 2.75) is 4.75 Å². The van der Waals surface area contributed by atoms with Gasteiger partial charge in [-0.3, -0.25) is 0 Å². The monoisotopic (exact) mass is 462 g/mol. The molecule has 0 radical (unpaired) electrons. The second-order valence-electron chi connectivity index (χ2n) is 5.58. The van der Waals surface area contributed by atoms with E-state index in [1.165, 1.54) is 16.7 Å². The van der Waals surface area contributed by atoms with Crippen LogP contribution >= 0.6 is 30.1 Å². The molecule has 0 aliphatic carbocycles. The SMILES string of the molecule is COc1ccc(C(SI)(c2ccccc2)c2ccc(OC)cc2)cc1. The lowest BCUT2D eigenvalue weighted by Gasteiger charge is -2.33. The second-order valence-corrected chi connectivity index (χ2v) is 7.67. The zero-order chi connectivity index (χ0) is 17.7. The van der Waals surface area contributed by atoms with Crippen LogP contribution in [0.15, 0.2) is 78.9 Å². The third kappa shape index (κ3) is 3.51. The highest BCUT2D eigenvalue weighted by Gasteiger charge is 2.36. The van der Waals surface area contributed by atoms with Crippen LogP contribution in [0.2, 0.25) is 0 Å². The molecule has 0 fully saturated rings. The van der Waals surface area contributed by atoms with Gasteiger partial charge in [-0.25, -0.2) is 0 Å². The molecule has 0 N–H and O–H groups in total. The molecule has 0 spiro atoms. The first-order valence-electron chi connectivity index (χ1n) is 7.89. The van der Waals surface area contributed by atoms with Gasteiger partial charge in [0.25, 0.3) is 0 Å². The molecule has 0 saturated heterocycles. The van der Waals surface area contributed by atoms with Gasteiger partial charge in [0.15, 0.2) is 0 Å². The predicted octanol–water partition coefficient (Wildman–Crippen LogP) is 6.08. The smallest absolute Gasteiger partial charge is 0.118 e. The Bertz CT molecular complexity index is 754. The summed E-state index contributed by atoms with van der Waals surface area (Å²) in [6.07, 6.45) is 0. The van der Waals surface area contributed by atoms with Gasteiger partial charge in [-0.1, -0.05) is 63.5 Å². The Balaban J connectivity index is 2.21. The maximum atomic E-state index is 5.33. The molecule has 4 heteroatoms. The van der Waals surface area contributed by atoms with Gasteiger partial charge in [-0.2, -0.15) is 0 Å². The van der Waals surface area contributed by atoms with Crippen molar-refractivity contribution in [3.8, 4) is 11.5 Å². The first-order valence-corrected chi connectivity index (χ1v) is 11.2. The van der Waals surface area contributed by atoms with Crippen LogP contribution in [0, 0.1) is 0 Å². The molecule has 0 heterocycles. The summed E-state index contributed by atoms with van der Waals surface area (Å²) in [5.74, 6) is 1.72.